The zero-order valence-electron chi connectivity index (χ0n) is 21.1. The molecule has 0 saturated heterocycles. The molecule has 2 aliphatic heterocycles. The van der Waals surface area contributed by atoms with Crippen LogP contribution in [-0.4, -0.2) is 6.04 Å². The zero-order chi connectivity index (χ0) is 24.3. The highest BCUT2D eigenvalue weighted by atomic mass is 32.2. The molecular formula is C34H32NS+. The van der Waals surface area contributed by atoms with Gasteiger partial charge in [0, 0.05) is 47.5 Å². The van der Waals surface area contributed by atoms with Crippen molar-refractivity contribution in [2.45, 2.75) is 62.8 Å². The summed E-state index contributed by atoms with van der Waals surface area (Å²) in [5.41, 5.74) is 10.0. The minimum atomic E-state index is 0.247. The summed E-state index contributed by atoms with van der Waals surface area (Å²) < 4.78 is 0. The summed E-state index contributed by atoms with van der Waals surface area (Å²) in [7, 11) is 0. The van der Waals surface area contributed by atoms with E-state index in [9.17, 15) is 0 Å². The highest BCUT2D eigenvalue weighted by Gasteiger charge is 2.42. The number of benzene rings is 3. The number of rotatable bonds is 3. The molecule has 0 radical (unpaired) electrons. The number of thioether (sulfide) groups is 1. The molecule has 0 aromatic heterocycles. The van der Waals surface area contributed by atoms with Gasteiger partial charge in [0.1, 0.15) is 4.90 Å². The molecule has 36 heavy (non-hydrogen) atoms. The third kappa shape index (κ3) is 3.84. The molecular weight excluding hydrogens is 454 g/mol. The first-order chi connectivity index (χ1) is 17.5. The van der Waals surface area contributed by atoms with Gasteiger partial charge >= 0.3 is 0 Å². The summed E-state index contributed by atoms with van der Waals surface area (Å²) in [5.74, 6) is 0.653. The van der Waals surface area contributed by atoms with Gasteiger partial charge in [-0.1, -0.05) is 50.6 Å². The quantitative estimate of drug-likeness (QED) is 0.339. The third-order valence-corrected chi connectivity index (χ3v) is 9.40. The van der Waals surface area contributed by atoms with Gasteiger partial charge in [-0.15, -0.1) is 0 Å². The average molecular weight is 487 g/mol. The predicted octanol–water partition coefficient (Wildman–Crippen LogP) is 9.45. The van der Waals surface area contributed by atoms with E-state index in [1.165, 1.54) is 62.7 Å². The maximum Gasteiger partial charge on any atom is 0.162 e. The molecule has 7 rings (SSSR count). The van der Waals surface area contributed by atoms with Crippen molar-refractivity contribution < 1.29 is 0 Å². The molecule has 4 aliphatic rings. The second-order valence-corrected chi connectivity index (χ2v) is 12.6. The fraction of sp³-hybridized carbons (Fsp3) is 0.294. The highest BCUT2D eigenvalue weighted by molar-refractivity contribution is 8.03. The van der Waals surface area contributed by atoms with E-state index in [2.05, 4.69) is 110 Å². The van der Waals surface area contributed by atoms with Crippen molar-refractivity contribution in [1.29, 1.82) is 0 Å². The predicted molar refractivity (Wildman–Crippen MR) is 153 cm³/mol. The Morgan fingerprint density at radius 3 is 2.64 bits per heavy atom. The molecule has 2 unspecified atom stereocenters. The van der Waals surface area contributed by atoms with Crippen molar-refractivity contribution in [3.05, 3.63) is 118 Å². The number of para-hydroxylation sites is 1. The van der Waals surface area contributed by atoms with E-state index in [0.29, 0.717) is 12.0 Å². The Kier molecular flexibility index (Phi) is 5.24. The van der Waals surface area contributed by atoms with Gasteiger partial charge in [0.15, 0.2) is 10.5 Å². The van der Waals surface area contributed by atoms with Crippen LogP contribution in [0.5, 0.6) is 0 Å². The summed E-state index contributed by atoms with van der Waals surface area (Å²) in [6, 6.07) is 27.4. The van der Waals surface area contributed by atoms with E-state index in [-0.39, 0.29) is 5.41 Å². The van der Waals surface area contributed by atoms with Gasteiger partial charge in [0.05, 0.1) is 0 Å². The smallest absolute Gasteiger partial charge is 0.162 e. The SMILES string of the molecule is CC1(C)CC(C2=[C+]c3ccccc3S2)=C/C(=C\c2ccc3c(c2)C2CCCC2N3c2ccccc2)C1. The number of hydrogen-bond donors (Lipinski definition) is 0. The first-order valence-corrected chi connectivity index (χ1v) is 14.2. The second kappa shape index (κ2) is 8.51. The summed E-state index contributed by atoms with van der Waals surface area (Å²) in [5, 5.41) is 0. The van der Waals surface area contributed by atoms with E-state index >= 15 is 0 Å². The van der Waals surface area contributed by atoms with Crippen LogP contribution in [0.3, 0.4) is 0 Å². The normalized spacial score (nSPS) is 24.6. The van der Waals surface area contributed by atoms with Gasteiger partial charge in [0.25, 0.3) is 0 Å². The van der Waals surface area contributed by atoms with E-state index in [0.717, 1.165) is 12.8 Å². The molecule has 1 nitrogen and oxygen atoms in total. The Labute approximate surface area is 219 Å². The number of hydrogen-bond acceptors (Lipinski definition) is 2. The number of anilines is 2. The molecule has 2 atom stereocenters. The first kappa shape index (κ1) is 22.2. The lowest BCUT2D eigenvalue weighted by molar-refractivity contribution is 0.355. The van der Waals surface area contributed by atoms with Crippen molar-refractivity contribution in [3.63, 3.8) is 0 Å². The largest absolute Gasteiger partial charge is 0.338 e. The third-order valence-electron chi connectivity index (χ3n) is 8.26. The van der Waals surface area contributed by atoms with E-state index in [1.54, 1.807) is 5.56 Å². The van der Waals surface area contributed by atoms with E-state index in [1.807, 2.05) is 11.8 Å². The van der Waals surface area contributed by atoms with Crippen LogP contribution >= 0.6 is 11.8 Å². The minimum Gasteiger partial charge on any atom is -0.338 e. The van der Waals surface area contributed by atoms with E-state index in [4.69, 9.17) is 0 Å². The molecule has 2 heterocycles. The molecule has 0 bridgehead atoms. The number of allylic oxidation sites excluding steroid dienone is 3. The molecule has 0 spiro atoms. The summed E-state index contributed by atoms with van der Waals surface area (Å²) in [6.07, 6.45) is 14.7. The van der Waals surface area contributed by atoms with E-state index < -0.39 is 0 Å². The molecule has 178 valence electrons. The Hall–Kier alpha value is -3.06. The first-order valence-electron chi connectivity index (χ1n) is 13.3. The highest BCUT2D eigenvalue weighted by Crippen LogP contribution is 2.53. The van der Waals surface area contributed by atoms with Crippen molar-refractivity contribution in [2.75, 3.05) is 4.90 Å². The average Bonchev–Trinajstić information content (AvgIpc) is 3.58. The standard InChI is InChI=1S/C34H32NS/c1-34(2)21-24(18-26(22-34)33-20-25-9-6-7-14-32(25)36-33)17-23-15-16-31-29(19-23)28-12-8-13-30(28)35(31)27-10-4-3-5-11-27/h3-7,9-11,14-19,28,30H,8,12-13,21-22H2,1-2H3/q+1/b24-17+. The zero-order valence-corrected chi connectivity index (χ0v) is 21.9. The maximum absolute atomic E-state index is 3.68. The van der Waals surface area contributed by atoms with Gasteiger partial charge in [-0.05, 0) is 102 Å². The second-order valence-electron chi connectivity index (χ2n) is 11.6. The monoisotopic (exact) mass is 486 g/mol. The Morgan fingerprint density at radius 2 is 1.78 bits per heavy atom. The summed E-state index contributed by atoms with van der Waals surface area (Å²) in [6.45, 7) is 4.81. The van der Waals surface area contributed by atoms with Crippen LogP contribution < -0.4 is 4.90 Å². The fourth-order valence-electron chi connectivity index (χ4n) is 6.86. The molecule has 2 aliphatic carbocycles. The van der Waals surface area contributed by atoms with Crippen molar-refractivity contribution in [2.24, 2.45) is 5.41 Å². The fourth-order valence-corrected chi connectivity index (χ4v) is 7.88. The lowest BCUT2D eigenvalue weighted by Gasteiger charge is -2.29. The van der Waals surface area contributed by atoms with Crippen LogP contribution in [0.25, 0.3) is 6.08 Å². The van der Waals surface area contributed by atoms with Crippen molar-refractivity contribution in [1.82, 2.24) is 0 Å². The molecule has 0 N–H and O–H groups in total. The molecule has 2 heteroatoms. The lowest BCUT2D eigenvalue weighted by atomic mass is 9.74. The topological polar surface area (TPSA) is 3.24 Å². The van der Waals surface area contributed by atoms with Gasteiger partial charge in [-0.25, -0.2) is 0 Å². The number of fused-ring (bicyclic) bond motifs is 4. The van der Waals surface area contributed by atoms with Crippen LogP contribution in [0.2, 0.25) is 0 Å². The van der Waals surface area contributed by atoms with Gasteiger partial charge in [-0.2, -0.15) is 0 Å². The Bertz CT molecular complexity index is 1420. The number of nitrogens with zero attached hydrogens (tertiary/aromatic N) is 1. The van der Waals surface area contributed by atoms with Crippen LogP contribution in [-0.2, 0) is 0 Å². The van der Waals surface area contributed by atoms with Crippen molar-refractivity contribution >= 4 is 29.2 Å². The van der Waals surface area contributed by atoms with Crippen LogP contribution in [0.1, 0.15) is 68.6 Å². The van der Waals surface area contributed by atoms with Crippen LogP contribution in [0.4, 0.5) is 11.4 Å². The van der Waals surface area contributed by atoms with Gasteiger partial charge in [-0.3, -0.25) is 0 Å². The Balaban J connectivity index is 1.24. The van der Waals surface area contributed by atoms with Gasteiger partial charge in [0.2, 0.25) is 0 Å². The Morgan fingerprint density at radius 1 is 0.944 bits per heavy atom. The molecule has 3 aromatic rings. The summed E-state index contributed by atoms with van der Waals surface area (Å²) in [4.78, 5) is 5.24. The maximum atomic E-state index is 3.68. The van der Waals surface area contributed by atoms with Crippen molar-refractivity contribution in [3.8, 4) is 0 Å². The minimum absolute atomic E-state index is 0.247. The molecule has 0 amide bonds. The molecule has 3 aromatic carbocycles. The van der Waals surface area contributed by atoms with Gasteiger partial charge < -0.3 is 4.90 Å². The lowest BCUT2D eigenvalue weighted by Crippen LogP contribution is -2.26. The molecule has 1 saturated carbocycles. The van der Waals surface area contributed by atoms with Crippen LogP contribution in [0.15, 0.2) is 99.8 Å². The summed E-state index contributed by atoms with van der Waals surface area (Å²) >= 11 is 1.88. The molecule has 1 fully saturated rings. The van der Waals surface area contributed by atoms with Crippen LogP contribution in [0, 0.1) is 11.5 Å².